The zero-order chi connectivity index (χ0) is 15.4. The molecule has 2 aliphatic heterocycles. The molecule has 1 aromatic heterocycles. The molecule has 0 spiro atoms. The van der Waals surface area contributed by atoms with Gasteiger partial charge in [0.15, 0.2) is 0 Å². The van der Waals surface area contributed by atoms with Gasteiger partial charge in [0.1, 0.15) is 0 Å². The maximum atomic E-state index is 12.7. The lowest BCUT2D eigenvalue weighted by atomic mass is 10.4. The molecule has 0 atom stereocenters. The van der Waals surface area contributed by atoms with E-state index < -0.39 is 10.2 Å². The van der Waals surface area contributed by atoms with E-state index in [4.69, 9.17) is 4.74 Å². The molecule has 22 heavy (non-hydrogen) atoms. The summed E-state index contributed by atoms with van der Waals surface area (Å²) in [6.45, 7) is 4.16. The van der Waals surface area contributed by atoms with Crippen LogP contribution >= 0.6 is 0 Å². The Kier molecular flexibility index (Phi) is 4.87. The Balaban J connectivity index is 1.67. The number of anilines is 1. The molecule has 0 amide bonds. The van der Waals surface area contributed by atoms with Gasteiger partial charge in [0.2, 0.25) is 5.95 Å². The maximum Gasteiger partial charge on any atom is 0.282 e. The SMILES string of the molecule is O=S(=O)(N1CCOCC1)N1CCCN(c2ncccn2)CC1. The van der Waals surface area contributed by atoms with Gasteiger partial charge in [-0.3, -0.25) is 0 Å². The Bertz CT molecular complexity index is 577. The minimum atomic E-state index is -3.39. The highest BCUT2D eigenvalue weighted by Gasteiger charge is 2.32. The summed E-state index contributed by atoms with van der Waals surface area (Å²) >= 11 is 0. The van der Waals surface area contributed by atoms with Gasteiger partial charge in [-0.15, -0.1) is 0 Å². The van der Waals surface area contributed by atoms with E-state index in [1.54, 1.807) is 22.8 Å². The lowest BCUT2D eigenvalue weighted by Crippen LogP contribution is -2.49. The van der Waals surface area contributed by atoms with Crippen molar-refractivity contribution in [2.45, 2.75) is 6.42 Å². The van der Waals surface area contributed by atoms with Crippen LogP contribution in [-0.4, -0.2) is 79.5 Å². The molecule has 3 heterocycles. The van der Waals surface area contributed by atoms with Crippen molar-refractivity contribution in [1.82, 2.24) is 18.6 Å². The number of morpholine rings is 1. The zero-order valence-electron chi connectivity index (χ0n) is 12.5. The first-order chi connectivity index (χ1) is 10.7. The van der Waals surface area contributed by atoms with Crippen molar-refractivity contribution in [2.75, 3.05) is 57.4 Å². The first-order valence-electron chi connectivity index (χ1n) is 7.53. The molecule has 0 N–H and O–H groups in total. The second-order valence-electron chi connectivity index (χ2n) is 5.31. The molecule has 0 unspecified atom stereocenters. The Morgan fingerprint density at radius 2 is 1.59 bits per heavy atom. The standard InChI is InChI=1S/C13H21N5O3S/c19-22(20,18-9-11-21-12-10-18)17-6-2-5-16(7-8-17)13-14-3-1-4-15-13/h1,3-4H,2,5-12H2. The topological polar surface area (TPSA) is 78.9 Å². The van der Waals surface area contributed by atoms with Gasteiger partial charge < -0.3 is 9.64 Å². The van der Waals surface area contributed by atoms with Crippen molar-refractivity contribution < 1.29 is 13.2 Å². The zero-order valence-corrected chi connectivity index (χ0v) is 13.3. The van der Waals surface area contributed by atoms with E-state index in [9.17, 15) is 8.42 Å². The Morgan fingerprint density at radius 1 is 0.909 bits per heavy atom. The first kappa shape index (κ1) is 15.6. The highest BCUT2D eigenvalue weighted by atomic mass is 32.2. The van der Waals surface area contributed by atoms with E-state index in [2.05, 4.69) is 9.97 Å². The van der Waals surface area contributed by atoms with Crippen molar-refractivity contribution >= 4 is 16.2 Å². The molecule has 2 aliphatic rings. The van der Waals surface area contributed by atoms with Crippen LogP contribution in [0.2, 0.25) is 0 Å². The van der Waals surface area contributed by atoms with E-state index in [-0.39, 0.29) is 0 Å². The predicted octanol–water partition coefficient (Wildman–Crippen LogP) is -0.434. The maximum absolute atomic E-state index is 12.7. The van der Waals surface area contributed by atoms with Crippen LogP contribution in [0, 0.1) is 0 Å². The average molecular weight is 327 g/mol. The molecule has 122 valence electrons. The summed E-state index contributed by atoms with van der Waals surface area (Å²) in [6, 6.07) is 1.77. The normalized spacial score (nSPS) is 22.5. The molecule has 1 aromatic rings. The van der Waals surface area contributed by atoms with Crippen molar-refractivity contribution in [3.8, 4) is 0 Å². The molecule has 0 saturated carbocycles. The van der Waals surface area contributed by atoms with E-state index in [1.807, 2.05) is 4.90 Å². The summed E-state index contributed by atoms with van der Waals surface area (Å²) in [4.78, 5) is 10.5. The highest BCUT2D eigenvalue weighted by molar-refractivity contribution is 7.86. The number of nitrogens with zero attached hydrogens (tertiary/aromatic N) is 5. The van der Waals surface area contributed by atoms with Gasteiger partial charge in [-0.2, -0.15) is 17.0 Å². The number of hydrogen-bond acceptors (Lipinski definition) is 6. The van der Waals surface area contributed by atoms with E-state index in [1.165, 1.54) is 4.31 Å². The molecule has 0 radical (unpaired) electrons. The fraction of sp³-hybridized carbons (Fsp3) is 0.692. The molecule has 3 rings (SSSR count). The average Bonchev–Trinajstić information content (AvgIpc) is 2.83. The third-order valence-electron chi connectivity index (χ3n) is 3.91. The van der Waals surface area contributed by atoms with Crippen molar-refractivity contribution in [2.24, 2.45) is 0 Å². The number of hydrogen-bond donors (Lipinski definition) is 0. The molecule has 0 bridgehead atoms. The summed E-state index contributed by atoms with van der Waals surface area (Å²) < 4.78 is 33.7. The molecular formula is C13H21N5O3S. The fourth-order valence-corrected chi connectivity index (χ4v) is 4.33. The van der Waals surface area contributed by atoms with Crippen molar-refractivity contribution in [1.29, 1.82) is 0 Å². The van der Waals surface area contributed by atoms with Crippen LogP contribution in [-0.2, 0) is 14.9 Å². The second-order valence-corrected chi connectivity index (χ2v) is 7.24. The summed E-state index contributed by atoms with van der Waals surface area (Å²) in [7, 11) is -3.39. The van der Waals surface area contributed by atoms with Gasteiger partial charge in [0.25, 0.3) is 10.2 Å². The van der Waals surface area contributed by atoms with E-state index in [0.29, 0.717) is 51.9 Å². The van der Waals surface area contributed by atoms with Gasteiger partial charge >= 0.3 is 0 Å². The molecule has 9 heteroatoms. The summed E-state index contributed by atoms with van der Waals surface area (Å²) in [6.07, 6.45) is 4.17. The number of aromatic nitrogens is 2. The Hall–Kier alpha value is -1.29. The smallest absolute Gasteiger partial charge is 0.282 e. The first-order valence-corrected chi connectivity index (χ1v) is 8.92. The van der Waals surface area contributed by atoms with Gasteiger partial charge in [-0.25, -0.2) is 9.97 Å². The lowest BCUT2D eigenvalue weighted by Gasteiger charge is -2.31. The molecule has 8 nitrogen and oxygen atoms in total. The van der Waals surface area contributed by atoms with Gasteiger partial charge in [0.05, 0.1) is 13.2 Å². The van der Waals surface area contributed by atoms with E-state index >= 15 is 0 Å². The van der Waals surface area contributed by atoms with Gasteiger partial charge in [0, 0.05) is 51.7 Å². The minimum absolute atomic E-state index is 0.435. The van der Waals surface area contributed by atoms with E-state index in [0.717, 1.165) is 13.0 Å². The molecule has 2 fully saturated rings. The van der Waals surface area contributed by atoms with Crippen LogP contribution in [0.4, 0.5) is 5.95 Å². The van der Waals surface area contributed by atoms with Crippen LogP contribution in [0.25, 0.3) is 0 Å². The second kappa shape index (κ2) is 6.86. The molecule has 2 saturated heterocycles. The molecular weight excluding hydrogens is 306 g/mol. The number of rotatable bonds is 3. The Morgan fingerprint density at radius 3 is 2.32 bits per heavy atom. The lowest BCUT2D eigenvalue weighted by molar-refractivity contribution is 0.0703. The van der Waals surface area contributed by atoms with Crippen LogP contribution in [0.1, 0.15) is 6.42 Å². The quantitative estimate of drug-likeness (QED) is 0.749. The number of ether oxygens (including phenoxy) is 1. The predicted molar refractivity (Wildman–Crippen MR) is 81.7 cm³/mol. The van der Waals surface area contributed by atoms with Crippen molar-refractivity contribution in [3.05, 3.63) is 18.5 Å². The third kappa shape index (κ3) is 3.37. The van der Waals surface area contributed by atoms with Crippen LogP contribution in [0.3, 0.4) is 0 Å². The van der Waals surface area contributed by atoms with Crippen LogP contribution < -0.4 is 4.90 Å². The Labute approximate surface area is 130 Å². The van der Waals surface area contributed by atoms with Gasteiger partial charge in [-0.1, -0.05) is 0 Å². The van der Waals surface area contributed by atoms with Crippen molar-refractivity contribution in [3.63, 3.8) is 0 Å². The largest absolute Gasteiger partial charge is 0.379 e. The third-order valence-corrected chi connectivity index (χ3v) is 5.95. The molecule has 0 aromatic carbocycles. The molecule has 0 aliphatic carbocycles. The summed E-state index contributed by atoms with van der Waals surface area (Å²) in [5.41, 5.74) is 0. The summed E-state index contributed by atoms with van der Waals surface area (Å²) in [5.74, 6) is 0.660. The monoisotopic (exact) mass is 327 g/mol. The highest BCUT2D eigenvalue weighted by Crippen LogP contribution is 2.16. The van der Waals surface area contributed by atoms with Crippen LogP contribution in [0.15, 0.2) is 18.5 Å². The van der Waals surface area contributed by atoms with Gasteiger partial charge in [-0.05, 0) is 12.5 Å². The minimum Gasteiger partial charge on any atom is -0.379 e. The van der Waals surface area contributed by atoms with Crippen LogP contribution in [0.5, 0.6) is 0 Å². The summed E-state index contributed by atoms with van der Waals surface area (Å²) in [5, 5.41) is 0. The fourth-order valence-electron chi connectivity index (χ4n) is 2.72.